The molecule has 1 atom stereocenters. The molecule has 0 bridgehead atoms. The second-order valence-corrected chi connectivity index (χ2v) is 8.03. The maximum absolute atomic E-state index is 12.7. The first-order valence-electron chi connectivity index (χ1n) is 8.46. The second-order valence-electron chi connectivity index (χ2n) is 6.10. The molecule has 0 aliphatic carbocycles. The molecule has 0 saturated carbocycles. The number of carboxylic acid groups (broad SMARTS) is 1. The third-order valence-corrected chi connectivity index (χ3v) is 6.40. The number of carbonyl (C=O) groups is 1. The third kappa shape index (κ3) is 4.15. The smallest absolute Gasteiger partial charge is 0.320 e. The SMILES string of the molecule is CCCc1ccc(S(=O)(=O)N2CCN(C(CC)C(=O)O)CC2)cc1. The fourth-order valence-corrected chi connectivity index (χ4v) is 4.53. The Morgan fingerprint density at radius 1 is 1.12 bits per heavy atom. The number of nitrogens with zero attached hydrogens (tertiary/aromatic N) is 2. The van der Waals surface area contributed by atoms with Crippen LogP contribution in [-0.2, 0) is 21.2 Å². The van der Waals surface area contributed by atoms with E-state index in [1.165, 1.54) is 4.31 Å². The summed E-state index contributed by atoms with van der Waals surface area (Å²) in [5.74, 6) is -0.847. The van der Waals surface area contributed by atoms with Crippen molar-refractivity contribution in [2.75, 3.05) is 26.2 Å². The summed E-state index contributed by atoms with van der Waals surface area (Å²) >= 11 is 0. The van der Waals surface area contributed by atoms with E-state index in [0.29, 0.717) is 37.5 Å². The van der Waals surface area contributed by atoms with Crippen molar-refractivity contribution in [1.82, 2.24) is 9.21 Å². The summed E-state index contributed by atoms with van der Waals surface area (Å²) in [6.07, 6.45) is 2.48. The van der Waals surface area contributed by atoms with Gasteiger partial charge in [-0.15, -0.1) is 0 Å². The van der Waals surface area contributed by atoms with Crippen LogP contribution in [0.2, 0.25) is 0 Å². The number of sulfonamides is 1. The van der Waals surface area contributed by atoms with Crippen LogP contribution in [0.15, 0.2) is 29.2 Å². The van der Waals surface area contributed by atoms with Gasteiger partial charge >= 0.3 is 5.97 Å². The van der Waals surface area contributed by atoms with Gasteiger partial charge in [0.1, 0.15) is 6.04 Å². The Morgan fingerprint density at radius 3 is 2.17 bits per heavy atom. The molecule has 0 aromatic heterocycles. The van der Waals surface area contributed by atoms with E-state index >= 15 is 0 Å². The third-order valence-electron chi connectivity index (χ3n) is 4.49. The molecular formula is C17H26N2O4S. The summed E-state index contributed by atoms with van der Waals surface area (Å²) in [5.41, 5.74) is 1.13. The van der Waals surface area contributed by atoms with E-state index in [1.54, 1.807) is 12.1 Å². The molecule has 0 amide bonds. The molecule has 6 nitrogen and oxygen atoms in total. The van der Waals surface area contributed by atoms with Gasteiger partial charge in [-0.2, -0.15) is 4.31 Å². The van der Waals surface area contributed by atoms with Crippen molar-refractivity contribution in [3.8, 4) is 0 Å². The summed E-state index contributed by atoms with van der Waals surface area (Å²) in [4.78, 5) is 13.4. The predicted octanol–water partition coefficient (Wildman–Crippen LogP) is 1.81. The zero-order valence-electron chi connectivity index (χ0n) is 14.3. The van der Waals surface area contributed by atoms with Gasteiger partial charge in [-0.3, -0.25) is 9.69 Å². The molecular weight excluding hydrogens is 328 g/mol. The highest BCUT2D eigenvalue weighted by atomic mass is 32.2. The van der Waals surface area contributed by atoms with Crippen LogP contribution in [-0.4, -0.2) is 60.9 Å². The maximum atomic E-state index is 12.7. The Kier molecular flexibility index (Phi) is 6.37. The van der Waals surface area contributed by atoms with Crippen LogP contribution in [0, 0.1) is 0 Å². The Bertz CT molecular complexity index is 650. The first-order chi connectivity index (χ1) is 11.4. The summed E-state index contributed by atoms with van der Waals surface area (Å²) in [6, 6.07) is 6.52. The zero-order chi connectivity index (χ0) is 17.7. The lowest BCUT2D eigenvalue weighted by Gasteiger charge is -2.36. The summed E-state index contributed by atoms with van der Waals surface area (Å²) in [6.45, 7) is 5.45. The molecule has 1 aliphatic heterocycles. The van der Waals surface area contributed by atoms with E-state index in [0.717, 1.165) is 18.4 Å². The van der Waals surface area contributed by atoms with E-state index < -0.39 is 22.0 Å². The molecule has 1 fully saturated rings. The molecule has 1 aliphatic rings. The molecule has 1 unspecified atom stereocenters. The van der Waals surface area contributed by atoms with Crippen molar-refractivity contribution in [2.24, 2.45) is 0 Å². The fourth-order valence-electron chi connectivity index (χ4n) is 3.11. The molecule has 0 radical (unpaired) electrons. The van der Waals surface area contributed by atoms with Crippen molar-refractivity contribution in [2.45, 2.75) is 44.0 Å². The highest BCUT2D eigenvalue weighted by Gasteiger charge is 2.32. The van der Waals surface area contributed by atoms with Crippen LogP contribution < -0.4 is 0 Å². The molecule has 1 aromatic rings. The van der Waals surface area contributed by atoms with Crippen molar-refractivity contribution >= 4 is 16.0 Å². The number of aliphatic carboxylic acids is 1. The minimum Gasteiger partial charge on any atom is -0.480 e. The van der Waals surface area contributed by atoms with Crippen molar-refractivity contribution < 1.29 is 18.3 Å². The standard InChI is InChI=1S/C17H26N2O4S/c1-3-5-14-6-8-15(9-7-14)24(22,23)19-12-10-18(11-13-19)16(4-2)17(20)21/h6-9,16H,3-5,10-13H2,1-2H3,(H,20,21). The fraction of sp³-hybridized carbons (Fsp3) is 0.588. The molecule has 1 saturated heterocycles. The minimum atomic E-state index is -3.51. The van der Waals surface area contributed by atoms with Gasteiger partial charge < -0.3 is 5.11 Å². The van der Waals surface area contributed by atoms with Crippen LogP contribution >= 0.6 is 0 Å². The van der Waals surface area contributed by atoms with E-state index in [2.05, 4.69) is 6.92 Å². The molecule has 24 heavy (non-hydrogen) atoms. The van der Waals surface area contributed by atoms with Gasteiger partial charge in [-0.05, 0) is 30.5 Å². The van der Waals surface area contributed by atoms with E-state index in [4.69, 9.17) is 0 Å². The van der Waals surface area contributed by atoms with Gasteiger partial charge in [0.2, 0.25) is 10.0 Å². The molecule has 2 rings (SSSR count). The van der Waals surface area contributed by atoms with Crippen LogP contribution in [0.1, 0.15) is 32.3 Å². The highest BCUT2D eigenvalue weighted by molar-refractivity contribution is 7.89. The number of hydrogen-bond donors (Lipinski definition) is 1. The first kappa shape index (κ1) is 18.9. The van der Waals surface area contributed by atoms with Crippen molar-refractivity contribution in [3.05, 3.63) is 29.8 Å². The average Bonchev–Trinajstić information content (AvgIpc) is 2.56. The van der Waals surface area contributed by atoms with E-state index in [9.17, 15) is 18.3 Å². The van der Waals surface area contributed by atoms with E-state index in [-0.39, 0.29) is 0 Å². The number of hydrogen-bond acceptors (Lipinski definition) is 4. The van der Waals surface area contributed by atoms with Crippen molar-refractivity contribution in [3.63, 3.8) is 0 Å². The molecule has 1 heterocycles. The molecule has 0 spiro atoms. The number of benzene rings is 1. The number of piperazine rings is 1. The average molecular weight is 354 g/mol. The van der Waals surface area contributed by atoms with Gasteiger partial charge in [0.25, 0.3) is 0 Å². The number of aryl methyl sites for hydroxylation is 1. The summed E-state index contributed by atoms with van der Waals surface area (Å²) in [7, 11) is -3.51. The minimum absolute atomic E-state index is 0.307. The Balaban J connectivity index is 2.05. The van der Waals surface area contributed by atoms with Crippen LogP contribution in [0.25, 0.3) is 0 Å². The van der Waals surface area contributed by atoms with Gasteiger partial charge in [-0.25, -0.2) is 8.42 Å². The first-order valence-corrected chi connectivity index (χ1v) is 9.90. The normalized spacial score (nSPS) is 18.4. The zero-order valence-corrected chi connectivity index (χ0v) is 15.1. The number of carboxylic acids is 1. The lowest BCUT2D eigenvalue weighted by atomic mass is 10.1. The summed E-state index contributed by atoms with van der Waals surface area (Å²) < 4.78 is 26.9. The predicted molar refractivity (Wildman–Crippen MR) is 92.5 cm³/mol. The Labute approximate surface area is 144 Å². The van der Waals surface area contributed by atoms with Gasteiger partial charge in [0, 0.05) is 26.2 Å². The largest absolute Gasteiger partial charge is 0.480 e. The topological polar surface area (TPSA) is 77.9 Å². The van der Waals surface area contributed by atoms with E-state index in [1.807, 2.05) is 24.0 Å². The Morgan fingerprint density at radius 2 is 1.71 bits per heavy atom. The monoisotopic (exact) mass is 354 g/mol. The number of rotatable bonds is 7. The van der Waals surface area contributed by atoms with Gasteiger partial charge in [0.15, 0.2) is 0 Å². The van der Waals surface area contributed by atoms with Gasteiger partial charge in [0.05, 0.1) is 4.90 Å². The summed E-state index contributed by atoms with van der Waals surface area (Å²) in [5, 5.41) is 9.23. The second kappa shape index (κ2) is 8.09. The quantitative estimate of drug-likeness (QED) is 0.808. The van der Waals surface area contributed by atoms with Crippen molar-refractivity contribution in [1.29, 1.82) is 0 Å². The van der Waals surface area contributed by atoms with Crippen LogP contribution in [0.4, 0.5) is 0 Å². The van der Waals surface area contributed by atoms with Gasteiger partial charge in [-0.1, -0.05) is 32.4 Å². The molecule has 1 aromatic carbocycles. The molecule has 7 heteroatoms. The molecule has 134 valence electrons. The maximum Gasteiger partial charge on any atom is 0.320 e. The lowest BCUT2D eigenvalue weighted by Crippen LogP contribution is -2.53. The van der Waals surface area contributed by atoms with Crippen LogP contribution in [0.3, 0.4) is 0 Å². The molecule has 1 N–H and O–H groups in total. The van der Waals surface area contributed by atoms with Crippen LogP contribution in [0.5, 0.6) is 0 Å². The Hall–Kier alpha value is -1.44. The highest BCUT2D eigenvalue weighted by Crippen LogP contribution is 2.20. The lowest BCUT2D eigenvalue weighted by molar-refractivity contribution is -0.143.